The molecule has 12 rings (SSSR count). The first-order valence-electron chi connectivity index (χ1n) is 21.3. The van der Waals surface area contributed by atoms with Gasteiger partial charge in [-0.05, 0) is 113 Å². The second-order valence-electron chi connectivity index (χ2n) is 16.0. The van der Waals surface area contributed by atoms with Gasteiger partial charge in [0.2, 0.25) is 0 Å². The van der Waals surface area contributed by atoms with Gasteiger partial charge >= 0.3 is 0 Å². The Morgan fingerprint density at radius 1 is 0.258 bits per heavy atom. The van der Waals surface area contributed by atoms with Crippen molar-refractivity contribution in [3.63, 3.8) is 0 Å². The highest BCUT2D eigenvalue weighted by molar-refractivity contribution is 7.26. The first-order chi connectivity index (χ1) is 30.8. The van der Waals surface area contributed by atoms with Gasteiger partial charge in [0.15, 0.2) is 0 Å². The van der Waals surface area contributed by atoms with Gasteiger partial charge in [0, 0.05) is 37.1 Å². The van der Waals surface area contributed by atoms with Crippen LogP contribution in [0.25, 0.3) is 96.3 Å². The maximum atomic E-state index is 2.44. The van der Waals surface area contributed by atoms with E-state index in [1.54, 1.807) is 0 Å². The summed E-state index contributed by atoms with van der Waals surface area (Å²) >= 11 is 1.88. The molecule has 0 saturated carbocycles. The van der Waals surface area contributed by atoms with E-state index in [4.69, 9.17) is 0 Å². The highest BCUT2D eigenvalue weighted by atomic mass is 32.1. The number of hydrogen-bond acceptors (Lipinski definition) is 2. The number of fused-ring (bicyclic) bond motifs is 14. The molecule has 290 valence electrons. The van der Waals surface area contributed by atoms with Crippen LogP contribution in [-0.2, 0) is 0 Å². The standard InChI is InChI=1S/C60H39NS/c1-3-17-40(18-4-1)41-31-33-43(34-32-41)61(56-29-15-13-21-45(56)42-19-5-2-6-20-42)44-35-36-51-53-37-38-58-60(54-28-14-16-30-57(54)62-58)59(53)52-27-12-11-25-49(52)47-23-8-7-22-46(47)48-24-9-10-26-50(48)55(51)39-44/h1-39H. The summed E-state index contributed by atoms with van der Waals surface area (Å²) in [6.07, 6.45) is 0. The van der Waals surface area contributed by atoms with E-state index < -0.39 is 0 Å². The maximum absolute atomic E-state index is 2.44. The third kappa shape index (κ3) is 5.99. The predicted molar refractivity (Wildman–Crippen MR) is 270 cm³/mol. The molecule has 1 heterocycles. The first kappa shape index (κ1) is 36.1. The van der Waals surface area contributed by atoms with Crippen molar-refractivity contribution in [3.8, 4) is 22.3 Å². The van der Waals surface area contributed by atoms with Gasteiger partial charge in [-0.15, -0.1) is 11.3 Å². The monoisotopic (exact) mass is 805 g/mol. The molecule has 0 bridgehead atoms. The summed E-state index contributed by atoms with van der Waals surface area (Å²) < 4.78 is 2.60. The molecule has 0 saturated heterocycles. The van der Waals surface area contributed by atoms with E-state index in [0.29, 0.717) is 0 Å². The molecule has 11 aromatic carbocycles. The lowest BCUT2D eigenvalue weighted by Crippen LogP contribution is -2.11. The fraction of sp³-hybridized carbons (Fsp3) is 0. The zero-order valence-electron chi connectivity index (χ0n) is 33.9. The average Bonchev–Trinajstić information content (AvgIpc) is 3.73. The number of rotatable bonds is 5. The molecule has 1 aromatic heterocycles. The molecule has 0 aliphatic rings. The number of nitrogens with zero attached hydrogens (tertiary/aromatic N) is 1. The second-order valence-corrected chi connectivity index (χ2v) is 17.0. The van der Waals surface area contributed by atoms with Crippen molar-refractivity contribution in [2.24, 2.45) is 0 Å². The van der Waals surface area contributed by atoms with Crippen molar-refractivity contribution in [3.05, 3.63) is 237 Å². The van der Waals surface area contributed by atoms with E-state index in [1.165, 1.54) is 96.3 Å². The molecule has 12 aromatic rings. The summed E-state index contributed by atoms with van der Waals surface area (Å²) in [6.45, 7) is 0. The summed E-state index contributed by atoms with van der Waals surface area (Å²) in [5, 5.41) is 14.9. The molecule has 0 radical (unpaired) electrons. The number of para-hydroxylation sites is 1. The van der Waals surface area contributed by atoms with Crippen LogP contribution in [0.3, 0.4) is 0 Å². The number of anilines is 3. The SMILES string of the molecule is c1ccc(-c2ccc(N(c3ccc4c(c3)c3ccccc3c3ccccc3c3ccccc3c3c4ccc4sc5ccccc5c43)c3ccccc3-c3ccccc3)cc2)cc1. The van der Waals surface area contributed by atoms with Gasteiger partial charge in [-0.1, -0.05) is 194 Å². The molecule has 62 heavy (non-hydrogen) atoms. The van der Waals surface area contributed by atoms with Gasteiger partial charge in [0.05, 0.1) is 5.69 Å². The minimum Gasteiger partial charge on any atom is -0.310 e. The summed E-state index contributed by atoms with van der Waals surface area (Å²) in [5.41, 5.74) is 8.03. The molecule has 2 heteroatoms. The van der Waals surface area contributed by atoms with Crippen molar-refractivity contribution >= 4 is 102 Å². The lowest BCUT2D eigenvalue weighted by atomic mass is 9.92. The van der Waals surface area contributed by atoms with Crippen molar-refractivity contribution in [2.45, 2.75) is 0 Å². The maximum Gasteiger partial charge on any atom is 0.0540 e. The Kier molecular flexibility index (Phi) is 8.76. The van der Waals surface area contributed by atoms with E-state index in [9.17, 15) is 0 Å². The van der Waals surface area contributed by atoms with Gasteiger partial charge in [-0.25, -0.2) is 0 Å². The molecule has 1 nitrogen and oxygen atoms in total. The van der Waals surface area contributed by atoms with Crippen molar-refractivity contribution in [1.29, 1.82) is 0 Å². The van der Waals surface area contributed by atoms with Crippen LogP contribution in [0.2, 0.25) is 0 Å². The zero-order chi connectivity index (χ0) is 41.0. The normalized spacial score (nSPS) is 11.5. The van der Waals surface area contributed by atoms with E-state index in [1.807, 2.05) is 11.3 Å². The quantitative estimate of drug-likeness (QED) is 0.167. The first-order valence-corrected chi connectivity index (χ1v) is 22.1. The Labute approximate surface area is 364 Å². The highest BCUT2D eigenvalue weighted by Gasteiger charge is 2.20. The van der Waals surface area contributed by atoms with Crippen LogP contribution in [0.5, 0.6) is 0 Å². The molecular formula is C60H39NS. The number of hydrogen-bond donors (Lipinski definition) is 0. The van der Waals surface area contributed by atoms with Crippen molar-refractivity contribution < 1.29 is 0 Å². The van der Waals surface area contributed by atoms with Gasteiger partial charge in [-0.2, -0.15) is 0 Å². The Morgan fingerprint density at radius 2 is 0.710 bits per heavy atom. The minimum atomic E-state index is 1.09. The largest absolute Gasteiger partial charge is 0.310 e. The second kappa shape index (κ2) is 15.0. The average molecular weight is 806 g/mol. The van der Waals surface area contributed by atoms with E-state index >= 15 is 0 Å². The predicted octanol–water partition coefficient (Wildman–Crippen LogP) is 17.7. The van der Waals surface area contributed by atoms with E-state index in [0.717, 1.165) is 17.1 Å². The number of thiophene rings is 1. The molecule has 0 N–H and O–H groups in total. The molecule has 0 spiro atoms. The van der Waals surface area contributed by atoms with E-state index in [-0.39, 0.29) is 0 Å². The third-order valence-corrected chi connectivity index (χ3v) is 13.6. The van der Waals surface area contributed by atoms with Gasteiger partial charge < -0.3 is 4.90 Å². The van der Waals surface area contributed by atoms with E-state index in [2.05, 4.69) is 241 Å². The van der Waals surface area contributed by atoms with Gasteiger partial charge in [-0.3, -0.25) is 0 Å². The van der Waals surface area contributed by atoms with Crippen LogP contribution in [0.15, 0.2) is 237 Å². The lowest BCUT2D eigenvalue weighted by Gasteiger charge is -2.28. The fourth-order valence-corrected chi connectivity index (χ4v) is 10.8. The van der Waals surface area contributed by atoms with Gasteiger partial charge in [0.25, 0.3) is 0 Å². The molecule has 0 aliphatic heterocycles. The summed E-state index contributed by atoms with van der Waals surface area (Å²) in [5.74, 6) is 0. The van der Waals surface area contributed by atoms with Crippen LogP contribution in [0.4, 0.5) is 17.1 Å². The minimum absolute atomic E-state index is 1.09. The number of benzene rings is 10. The fourth-order valence-electron chi connectivity index (χ4n) is 9.68. The van der Waals surface area contributed by atoms with Crippen molar-refractivity contribution in [1.82, 2.24) is 0 Å². The summed E-state index contributed by atoms with van der Waals surface area (Å²) in [7, 11) is 0. The molecular weight excluding hydrogens is 767 g/mol. The molecule has 0 unspecified atom stereocenters. The van der Waals surface area contributed by atoms with Crippen LogP contribution in [0.1, 0.15) is 0 Å². The Morgan fingerprint density at radius 3 is 1.39 bits per heavy atom. The molecule has 0 fully saturated rings. The van der Waals surface area contributed by atoms with Crippen LogP contribution >= 0.6 is 11.3 Å². The lowest BCUT2D eigenvalue weighted by molar-refractivity contribution is 1.29. The smallest absolute Gasteiger partial charge is 0.0540 e. The Hall–Kier alpha value is -7.78. The third-order valence-electron chi connectivity index (χ3n) is 12.5. The highest BCUT2D eigenvalue weighted by Crippen LogP contribution is 2.46. The Balaban J connectivity index is 1.25. The van der Waals surface area contributed by atoms with Gasteiger partial charge in [0.1, 0.15) is 0 Å². The molecule has 0 atom stereocenters. The van der Waals surface area contributed by atoms with Crippen LogP contribution < -0.4 is 4.90 Å². The van der Waals surface area contributed by atoms with Crippen LogP contribution in [0, 0.1) is 0 Å². The Bertz CT molecular complexity index is 3740. The summed E-state index contributed by atoms with van der Waals surface area (Å²) in [4.78, 5) is 2.44. The molecule has 0 amide bonds. The van der Waals surface area contributed by atoms with Crippen LogP contribution in [-0.4, -0.2) is 0 Å². The summed E-state index contributed by atoms with van der Waals surface area (Å²) in [6, 6.07) is 87.0. The topological polar surface area (TPSA) is 3.24 Å². The molecule has 0 aliphatic carbocycles. The zero-order valence-corrected chi connectivity index (χ0v) is 34.7. The van der Waals surface area contributed by atoms with Crippen molar-refractivity contribution in [2.75, 3.05) is 4.90 Å².